The zero-order valence-corrected chi connectivity index (χ0v) is 17.1. The van der Waals surface area contributed by atoms with Crippen molar-refractivity contribution in [2.75, 3.05) is 51.1 Å². The van der Waals surface area contributed by atoms with Crippen molar-refractivity contribution in [1.29, 1.82) is 0 Å². The number of ether oxygens (including phenoxy) is 2. The van der Waals surface area contributed by atoms with E-state index in [9.17, 15) is 4.79 Å². The molecule has 0 unspecified atom stereocenters. The molecule has 2 N–H and O–H groups in total. The first-order valence-electron chi connectivity index (χ1n) is 9.17. The molecule has 0 aliphatic carbocycles. The van der Waals surface area contributed by atoms with Crippen LogP contribution >= 0.6 is 12.4 Å². The molecule has 2 aromatic rings. The molecule has 1 saturated heterocycles. The molecular formula is C19H28ClN5O3. The van der Waals surface area contributed by atoms with Gasteiger partial charge in [-0.1, -0.05) is 12.1 Å². The molecule has 1 aliphatic rings. The maximum atomic E-state index is 12.4. The number of hydrogen-bond donors (Lipinski definition) is 2. The fourth-order valence-corrected chi connectivity index (χ4v) is 3.33. The number of amides is 2. The second-order valence-corrected chi connectivity index (χ2v) is 6.51. The van der Waals surface area contributed by atoms with Crippen LogP contribution in [0.25, 0.3) is 0 Å². The number of methoxy groups -OCH3 is 2. The van der Waals surface area contributed by atoms with Crippen LogP contribution in [-0.2, 0) is 4.74 Å². The number of nitrogens with zero attached hydrogens (tertiary/aromatic N) is 3. The zero-order valence-electron chi connectivity index (χ0n) is 16.3. The molecule has 1 aromatic carbocycles. The highest BCUT2D eigenvalue weighted by atomic mass is 35.5. The second kappa shape index (κ2) is 10.9. The van der Waals surface area contributed by atoms with Crippen molar-refractivity contribution in [3.05, 3.63) is 36.5 Å². The molecule has 9 heteroatoms. The van der Waals surface area contributed by atoms with Gasteiger partial charge >= 0.3 is 6.03 Å². The summed E-state index contributed by atoms with van der Waals surface area (Å²) in [4.78, 5) is 14.8. The van der Waals surface area contributed by atoms with Crippen LogP contribution in [0.1, 0.15) is 18.9 Å². The number of carbonyl (C=O) groups is 1. The lowest BCUT2D eigenvalue weighted by Crippen LogP contribution is -2.37. The average molecular weight is 410 g/mol. The number of likely N-dealkylation sites (tertiary alicyclic amines) is 1. The van der Waals surface area contributed by atoms with Gasteiger partial charge in [0.2, 0.25) is 0 Å². The molecule has 1 fully saturated rings. The van der Waals surface area contributed by atoms with E-state index in [1.165, 1.54) is 0 Å². The van der Waals surface area contributed by atoms with Crippen LogP contribution in [-0.4, -0.2) is 61.2 Å². The number of piperidine rings is 1. The van der Waals surface area contributed by atoms with Crippen molar-refractivity contribution in [3.63, 3.8) is 0 Å². The number of para-hydroxylation sites is 2. The number of aromatic nitrogens is 2. The van der Waals surface area contributed by atoms with Crippen LogP contribution in [0.4, 0.5) is 16.3 Å². The smallest absolute Gasteiger partial charge is 0.324 e. The van der Waals surface area contributed by atoms with Gasteiger partial charge in [-0.3, -0.25) is 5.32 Å². The number of nitrogens with one attached hydrogen (secondary N) is 2. The number of benzene rings is 1. The minimum Gasteiger partial charge on any atom is -0.495 e. The summed E-state index contributed by atoms with van der Waals surface area (Å²) < 4.78 is 12.3. The zero-order chi connectivity index (χ0) is 19.1. The van der Waals surface area contributed by atoms with Crippen LogP contribution in [0, 0.1) is 0 Å². The molecule has 2 amide bonds. The van der Waals surface area contributed by atoms with Gasteiger partial charge in [0.1, 0.15) is 11.6 Å². The number of carbonyl (C=O) groups excluding carboxylic acids is 1. The summed E-state index contributed by atoms with van der Waals surface area (Å²) in [5, 5.41) is 10.1. The Morgan fingerprint density at radius 1 is 1.18 bits per heavy atom. The van der Waals surface area contributed by atoms with Gasteiger partial charge < -0.3 is 19.7 Å². The molecule has 1 aromatic heterocycles. The number of hydrogen-bond acceptors (Lipinski definition) is 5. The quantitative estimate of drug-likeness (QED) is 0.733. The first kappa shape index (κ1) is 22.0. The van der Waals surface area contributed by atoms with Crippen molar-refractivity contribution in [1.82, 2.24) is 14.7 Å². The van der Waals surface area contributed by atoms with Gasteiger partial charge in [-0.05, 0) is 25.0 Å². The van der Waals surface area contributed by atoms with Gasteiger partial charge in [-0.25, -0.2) is 9.48 Å². The SMILES string of the molecule is COCCN1CCC(n2nccc2NC(=O)Nc2ccccc2OC)CC1.Cl. The first-order chi connectivity index (χ1) is 13.2. The second-order valence-electron chi connectivity index (χ2n) is 6.51. The lowest BCUT2D eigenvalue weighted by Gasteiger charge is -2.32. The van der Waals surface area contributed by atoms with Crippen LogP contribution in [0.3, 0.4) is 0 Å². The molecule has 0 spiro atoms. The highest BCUT2D eigenvalue weighted by molar-refractivity contribution is 6.00. The Kier molecular flexibility index (Phi) is 8.56. The molecule has 28 heavy (non-hydrogen) atoms. The summed E-state index contributed by atoms with van der Waals surface area (Å²) in [6.07, 6.45) is 3.71. The summed E-state index contributed by atoms with van der Waals surface area (Å²) in [5.74, 6) is 1.31. The summed E-state index contributed by atoms with van der Waals surface area (Å²) >= 11 is 0. The molecule has 3 rings (SSSR count). The van der Waals surface area contributed by atoms with Crippen LogP contribution < -0.4 is 15.4 Å². The third kappa shape index (κ3) is 5.60. The minimum absolute atomic E-state index is 0. The molecule has 0 atom stereocenters. The Bertz CT molecular complexity index is 747. The summed E-state index contributed by atoms with van der Waals surface area (Å²) in [6, 6.07) is 9.08. The molecule has 0 radical (unpaired) electrons. The van der Waals surface area contributed by atoms with Gasteiger partial charge in [0.15, 0.2) is 0 Å². The summed E-state index contributed by atoms with van der Waals surface area (Å²) in [6.45, 7) is 3.71. The first-order valence-corrected chi connectivity index (χ1v) is 9.17. The van der Waals surface area contributed by atoms with E-state index in [-0.39, 0.29) is 24.5 Å². The van der Waals surface area contributed by atoms with E-state index in [1.54, 1.807) is 32.5 Å². The molecule has 1 aliphatic heterocycles. The average Bonchev–Trinajstić information content (AvgIpc) is 3.15. The third-order valence-electron chi connectivity index (χ3n) is 4.78. The topological polar surface area (TPSA) is 80.7 Å². The highest BCUT2D eigenvalue weighted by Gasteiger charge is 2.23. The van der Waals surface area contributed by atoms with E-state index in [2.05, 4.69) is 20.6 Å². The number of anilines is 2. The summed E-state index contributed by atoms with van der Waals surface area (Å²) in [5.41, 5.74) is 0.620. The van der Waals surface area contributed by atoms with Crippen LogP contribution in [0.15, 0.2) is 36.5 Å². The maximum Gasteiger partial charge on any atom is 0.324 e. The molecule has 8 nitrogen and oxygen atoms in total. The van der Waals surface area contributed by atoms with Crippen molar-refractivity contribution < 1.29 is 14.3 Å². The lowest BCUT2D eigenvalue weighted by molar-refractivity contribution is 0.120. The number of urea groups is 1. The van der Waals surface area contributed by atoms with Gasteiger partial charge in [-0.2, -0.15) is 5.10 Å². The Hall–Kier alpha value is -2.29. The monoisotopic (exact) mass is 409 g/mol. The molecular weight excluding hydrogens is 382 g/mol. The third-order valence-corrected chi connectivity index (χ3v) is 4.78. The van der Waals surface area contributed by atoms with E-state index in [1.807, 2.05) is 22.9 Å². The van der Waals surface area contributed by atoms with Crippen molar-refractivity contribution >= 4 is 29.9 Å². The van der Waals surface area contributed by atoms with E-state index >= 15 is 0 Å². The van der Waals surface area contributed by atoms with E-state index < -0.39 is 0 Å². The predicted molar refractivity (Wildman–Crippen MR) is 112 cm³/mol. The molecule has 0 bridgehead atoms. The molecule has 154 valence electrons. The van der Waals surface area contributed by atoms with Crippen molar-refractivity contribution in [2.45, 2.75) is 18.9 Å². The standard InChI is InChI=1S/C19H27N5O3.ClH/c1-26-14-13-23-11-8-15(9-12-23)24-18(7-10-20-24)22-19(25)21-16-5-3-4-6-17(16)27-2;/h3-7,10,15H,8-9,11-14H2,1-2H3,(H2,21,22,25);1H. The molecule has 0 saturated carbocycles. The summed E-state index contributed by atoms with van der Waals surface area (Å²) in [7, 11) is 3.30. The largest absolute Gasteiger partial charge is 0.495 e. The van der Waals surface area contributed by atoms with E-state index in [4.69, 9.17) is 9.47 Å². The normalized spacial score (nSPS) is 14.9. The van der Waals surface area contributed by atoms with Gasteiger partial charge in [0, 0.05) is 32.8 Å². The van der Waals surface area contributed by atoms with Crippen LogP contribution in [0.2, 0.25) is 0 Å². The van der Waals surface area contributed by atoms with Crippen molar-refractivity contribution in [3.8, 4) is 5.75 Å². The maximum absolute atomic E-state index is 12.4. The Morgan fingerprint density at radius 2 is 1.93 bits per heavy atom. The Balaban J connectivity index is 0.00000280. The van der Waals surface area contributed by atoms with E-state index in [0.717, 1.165) is 39.1 Å². The Morgan fingerprint density at radius 3 is 2.64 bits per heavy atom. The van der Waals surface area contributed by atoms with Crippen LogP contribution in [0.5, 0.6) is 5.75 Å². The number of halogens is 1. The predicted octanol–water partition coefficient (Wildman–Crippen LogP) is 3.24. The van der Waals surface area contributed by atoms with Crippen molar-refractivity contribution in [2.24, 2.45) is 0 Å². The number of rotatable bonds is 7. The lowest BCUT2D eigenvalue weighted by atomic mass is 10.1. The molecule has 2 heterocycles. The Labute approximate surface area is 171 Å². The highest BCUT2D eigenvalue weighted by Crippen LogP contribution is 2.26. The minimum atomic E-state index is -0.321. The van der Waals surface area contributed by atoms with Gasteiger partial charge in [0.25, 0.3) is 0 Å². The fourth-order valence-electron chi connectivity index (χ4n) is 3.33. The fraction of sp³-hybridized carbons (Fsp3) is 0.474. The van der Waals surface area contributed by atoms with E-state index in [0.29, 0.717) is 17.3 Å². The van der Waals surface area contributed by atoms with Gasteiger partial charge in [0.05, 0.1) is 31.6 Å². The van der Waals surface area contributed by atoms with Gasteiger partial charge in [-0.15, -0.1) is 12.4 Å².